The number of carbonyl (C=O) groups excluding carboxylic acids is 5. The Balaban J connectivity index is 2.29. The van der Waals surface area contributed by atoms with Gasteiger partial charge < -0.3 is 25.6 Å². The molecule has 0 bridgehead atoms. The molecular weight excluding hydrogens is 538 g/mol. The number of esters is 1. The molecule has 41 heavy (non-hydrogen) atoms. The van der Waals surface area contributed by atoms with E-state index in [-0.39, 0.29) is 29.7 Å². The number of fused-ring (bicyclic) bond motifs is 1. The Morgan fingerprint density at radius 2 is 1.54 bits per heavy atom. The number of nitrogens with zero attached hydrogens (tertiary/aromatic N) is 1. The van der Waals surface area contributed by atoms with Crippen LogP contribution in [-0.4, -0.2) is 77.2 Å². The van der Waals surface area contributed by atoms with E-state index in [4.69, 9.17) is 4.74 Å². The molecule has 0 aromatic carbocycles. The third kappa shape index (κ3) is 8.38. The Labute approximate surface area is 242 Å². The van der Waals surface area contributed by atoms with Crippen molar-refractivity contribution >= 4 is 29.6 Å². The predicted octanol–water partition coefficient (Wildman–Crippen LogP) is 3.28. The minimum atomic E-state index is -2.79. The van der Waals surface area contributed by atoms with Crippen molar-refractivity contribution in [1.29, 1.82) is 0 Å². The highest BCUT2D eigenvalue weighted by Crippen LogP contribution is 2.65. The molecule has 234 valence electrons. The van der Waals surface area contributed by atoms with Crippen molar-refractivity contribution < 1.29 is 37.5 Å². The lowest BCUT2D eigenvalue weighted by atomic mass is 9.85. The third-order valence-corrected chi connectivity index (χ3v) is 7.98. The van der Waals surface area contributed by atoms with Gasteiger partial charge in [0.1, 0.15) is 23.7 Å². The van der Waals surface area contributed by atoms with Crippen molar-refractivity contribution in [3.8, 4) is 0 Å². The van der Waals surface area contributed by atoms with E-state index >= 15 is 0 Å². The van der Waals surface area contributed by atoms with Crippen LogP contribution in [0, 0.1) is 28.6 Å². The summed E-state index contributed by atoms with van der Waals surface area (Å²) in [5, 5.41) is 7.77. The fraction of sp³-hybridized carbons (Fsp3) is 0.828. The van der Waals surface area contributed by atoms with Crippen LogP contribution in [0.3, 0.4) is 0 Å². The van der Waals surface area contributed by atoms with Crippen molar-refractivity contribution in [2.45, 2.75) is 119 Å². The van der Waals surface area contributed by atoms with Gasteiger partial charge in [0, 0.05) is 13.0 Å². The van der Waals surface area contributed by atoms with Crippen LogP contribution in [-0.2, 0) is 23.9 Å². The summed E-state index contributed by atoms with van der Waals surface area (Å²) in [6.07, 6.45) is -3.61. The van der Waals surface area contributed by atoms with Gasteiger partial charge in [0.05, 0.1) is 6.04 Å². The van der Waals surface area contributed by atoms with Gasteiger partial charge in [-0.05, 0) is 56.3 Å². The van der Waals surface area contributed by atoms with Crippen LogP contribution in [0.4, 0.5) is 13.6 Å². The number of likely N-dealkylation sites (tertiary alicyclic amines) is 1. The zero-order valence-corrected chi connectivity index (χ0v) is 26.2. The molecule has 3 N–H and O–H groups in total. The molecule has 0 spiro atoms. The van der Waals surface area contributed by atoms with E-state index in [1.165, 1.54) is 4.90 Å². The molecule has 2 fully saturated rings. The Hall–Kier alpha value is -2.79. The van der Waals surface area contributed by atoms with Crippen molar-refractivity contribution in [2.24, 2.45) is 28.6 Å². The highest BCUT2D eigenvalue weighted by Gasteiger charge is 2.69. The molecule has 1 saturated heterocycles. The number of nitrogens with one attached hydrogen (secondary N) is 3. The highest BCUT2D eigenvalue weighted by atomic mass is 19.3. The molecule has 1 aliphatic carbocycles. The van der Waals surface area contributed by atoms with E-state index < -0.39 is 77.6 Å². The van der Waals surface area contributed by atoms with Crippen LogP contribution < -0.4 is 16.0 Å². The lowest BCUT2D eigenvalue weighted by molar-refractivity contribution is -0.158. The lowest BCUT2D eigenvalue weighted by Crippen LogP contribution is -2.62. The van der Waals surface area contributed by atoms with Gasteiger partial charge in [-0.1, -0.05) is 48.5 Å². The number of carbonyl (C=O) groups is 5. The van der Waals surface area contributed by atoms with Gasteiger partial charge in [-0.2, -0.15) is 0 Å². The summed E-state index contributed by atoms with van der Waals surface area (Å²) >= 11 is 0. The highest BCUT2D eigenvalue weighted by molar-refractivity contribution is 5.96. The molecule has 0 aromatic heterocycles. The predicted molar refractivity (Wildman–Crippen MR) is 149 cm³/mol. The van der Waals surface area contributed by atoms with Crippen LogP contribution in [0.15, 0.2) is 0 Å². The molecule has 1 saturated carbocycles. The number of alkyl halides is 2. The molecule has 6 atom stereocenters. The number of ether oxygens (including phenoxy) is 1. The molecule has 0 aromatic rings. The van der Waals surface area contributed by atoms with Gasteiger partial charge in [0.15, 0.2) is 5.78 Å². The number of urea groups is 1. The maximum absolute atomic E-state index is 14.0. The SMILES string of the molecule is CC(=O)[C@H](CC(F)F)NC(=O)[C@@H]1C2C(CN1C(=O)[C@@H](NC(=O)NC(C(=O)OC(C)(C)C)C(C)C)C(C)(C)C)C2(C)C. The van der Waals surface area contributed by atoms with Gasteiger partial charge in [0.2, 0.25) is 18.2 Å². The van der Waals surface area contributed by atoms with Crippen molar-refractivity contribution in [3.05, 3.63) is 0 Å². The van der Waals surface area contributed by atoms with Crippen LogP contribution in [0.2, 0.25) is 0 Å². The number of rotatable bonds is 10. The fourth-order valence-electron chi connectivity index (χ4n) is 5.57. The Kier molecular flexibility index (Phi) is 10.2. The molecule has 1 aliphatic heterocycles. The second kappa shape index (κ2) is 12.2. The van der Waals surface area contributed by atoms with Crippen LogP contribution >= 0.6 is 0 Å². The molecular formula is C29H48F2N4O6. The van der Waals surface area contributed by atoms with Gasteiger partial charge in [-0.25, -0.2) is 18.4 Å². The maximum Gasteiger partial charge on any atom is 0.329 e. The zero-order chi connectivity index (χ0) is 31.8. The quantitative estimate of drug-likeness (QED) is 0.337. The summed E-state index contributed by atoms with van der Waals surface area (Å²) in [5.41, 5.74) is -1.81. The summed E-state index contributed by atoms with van der Waals surface area (Å²) in [6, 6.07) is -5.16. The summed E-state index contributed by atoms with van der Waals surface area (Å²) < 4.78 is 31.6. The number of Topliss-reactive ketones (excluding diaryl/α,β-unsaturated/α-hetero) is 1. The van der Waals surface area contributed by atoms with Crippen molar-refractivity contribution in [2.75, 3.05) is 6.54 Å². The molecule has 2 aliphatic rings. The van der Waals surface area contributed by atoms with Crippen molar-refractivity contribution in [3.63, 3.8) is 0 Å². The summed E-state index contributed by atoms with van der Waals surface area (Å²) in [5.74, 6) is -2.91. The first-order chi connectivity index (χ1) is 18.5. The first-order valence-corrected chi connectivity index (χ1v) is 14.2. The number of hydrogen-bond acceptors (Lipinski definition) is 6. The van der Waals surface area contributed by atoms with Gasteiger partial charge >= 0.3 is 12.0 Å². The number of hydrogen-bond donors (Lipinski definition) is 3. The van der Waals surface area contributed by atoms with Gasteiger partial charge in [0.25, 0.3) is 0 Å². The number of amides is 4. The zero-order valence-electron chi connectivity index (χ0n) is 26.2. The van der Waals surface area contributed by atoms with E-state index in [0.717, 1.165) is 6.92 Å². The van der Waals surface area contributed by atoms with E-state index in [2.05, 4.69) is 16.0 Å². The minimum Gasteiger partial charge on any atom is -0.458 e. The molecule has 10 nitrogen and oxygen atoms in total. The normalized spacial score (nSPS) is 23.8. The third-order valence-electron chi connectivity index (χ3n) is 7.98. The average Bonchev–Trinajstić information content (AvgIpc) is 3.12. The number of piperidine rings is 1. The first-order valence-electron chi connectivity index (χ1n) is 14.2. The maximum atomic E-state index is 14.0. The van der Waals surface area contributed by atoms with Crippen LogP contribution in [0.25, 0.3) is 0 Å². The van der Waals surface area contributed by atoms with E-state index in [1.807, 2.05) is 13.8 Å². The Morgan fingerprint density at radius 1 is 0.976 bits per heavy atom. The van der Waals surface area contributed by atoms with Gasteiger partial charge in [-0.15, -0.1) is 0 Å². The minimum absolute atomic E-state index is 0.0000106. The summed E-state index contributed by atoms with van der Waals surface area (Å²) in [4.78, 5) is 66.6. The van der Waals surface area contributed by atoms with Crippen molar-refractivity contribution in [1.82, 2.24) is 20.9 Å². The first kappa shape index (κ1) is 34.4. The smallest absolute Gasteiger partial charge is 0.329 e. The fourth-order valence-corrected chi connectivity index (χ4v) is 5.57. The molecule has 1 heterocycles. The second-order valence-electron chi connectivity index (χ2n) is 14.4. The van der Waals surface area contributed by atoms with E-state index in [9.17, 15) is 32.8 Å². The molecule has 2 rings (SSSR count). The topological polar surface area (TPSA) is 134 Å². The standard InChI is InChI=1S/C29H48F2N4O6/c1-14(2)20(25(39)41-28(7,8)9)33-26(40)34-22(27(4,5)6)24(38)35-13-16-19(29(16,10)11)21(35)23(37)32-17(15(3)36)12-18(30)31/h14,16-22H,12-13H2,1-11H3,(H,32,37)(H2,33,34,40)/t16?,17-,19?,20?,21-,22+/m0/s1. The second-order valence-corrected chi connectivity index (χ2v) is 14.4. The van der Waals surface area contributed by atoms with E-state index in [0.29, 0.717) is 0 Å². The molecule has 4 amide bonds. The van der Waals surface area contributed by atoms with Gasteiger partial charge in [-0.3, -0.25) is 14.4 Å². The van der Waals surface area contributed by atoms with Crippen LogP contribution in [0.5, 0.6) is 0 Å². The molecule has 12 heteroatoms. The summed E-state index contributed by atoms with van der Waals surface area (Å²) in [7, 11) is 0. The lowest BCUT2D eigenvalue weighted by Gasteiger charge is -2.38. The molecule has 3 unspecified atom stereocenters. The molecule has 0 radical (unpaired) electrons. The number of halogens is 2. The Bertz CT molecular complexity index is 1030. The largest absolute Gasteiger partial charge is 0.458 e. The Morgan fingerprint density at radius 3 is 1.98 bits per heavy atom. The van der Waals surface area contributed by atoms with E-state index in [1.54, 1.807) is 55.4 Å². The summed E-state index contributed by atoms with van der Waals surface area (Å²) in [6.45, 7) is 19.3. The number of ketones is 1. The van der Waals surface area contributed by atoms with Crippen LogP contribution in [0.1, 0.15) is 82.6 Å². The average molecular weight is 587 g/mol. The monoisotopic (exact) mass is 586 g/mol.